The molecule has 4 nitrogen and oxygen atoms in total. The van der Waals surface area contributed by atoms with E-state index in [9.17, 15) is 0 Å². The van der Waals surface area contributed by atoms with Crippen molar-refractivity contribution in [2.24, 2.45) is 5.73 Å². The standard InChI is InChI=1S/C16H16N2O2/c1-11(18)15-5-3-4-6-16(15)20-14-8-12(10-17)7-13(9-14)19-2/h3-9,11H,18H2,1-2H3/t11-/m0/s1. The van der Waals surface area contributed by atoms with Crippen LogP contribution in [0.2, 0.25) is 0 Å². The van der Waals surface area contributed by atoms with Crippen molar-refractivity contribution in [1.29, 1.82) is 5.26 Å². The molecule has 2 rings (SSSR count). The van der Waals surface area contributed by atoms with Gasteiger partial charge in [0.2, 0.25) is 0 Å². The second-order valence-electron chi connectivity index (χ2n) is 4.44. The van der Waals surface area contributed by atoms with E-state index in [1.165, 1.54) is 0 Å². The van der Waals surface area contributed by atoms with E-state index in [4.69, 9.17) is 20.5 Å². The number of methoxy groups -OCH3 is 1. The summed E-state index contributed by atoms with van der Waals surface area (Å²) < 4.78 is 11.0. The van der Waals surface area contributed by atoms with Gasteiger partial charge in [-0.15, -0.1) is 0 Å². The third-order valence-corrected chi connectivity index (χ3v) is 2.88. The fraction of sp³-hybridized carbons (Fsp3) is 0.188. The largest absolute Gasteiger partial charge is 0.497 e. The molecule has 0 fully saturated rings. The Morgan fingerprint density at radius 1 is 1.15 bits per heavy atom. The summed E-state index contributed by atoms with van der Waals surface area (Å²) in [5.41, 5.74) is 7.32. The van der Waals surface area contributed by atoms with E-state index in [0.29, 0.717) is 22.8 Å². The first-order valence-electron chi connectivity index (χ1n) is 6.25. The van der Waals surface area contributed by atoms with Gasteiger partial charge in [-0.3, -0.25) is 0 Å². The molecule has 0 unspecified atom stereocenters. The molecular formula is C16H16N2O2. The molecule has 0 aromatic heterocycles. The molecule has 102 valence electrons. The van der Waals surface area contributed by atoms with Gasteiger partial charge in [0.1, 0.15) is 17.2 Å². The highest BCUT2D eigenvalue weighted by Gasteiger charge is 2.09. The normalized spacial score (nSPS) is 11.5. The number of rotatable bonds is 4. The molecule has 0 bridgehead atoms. The van der Waals surface area contributed by atoms with Crippen LogP contribution in [0.25, 0.3) is 0 Å². The summed E-state index contributed by atoms with van der Waals surface area (Å²) in [6.07, 6.45) is 0. The van der Waals surface area contributed by atoms with Crippen LogP contribution in [0.5, 0.6) is 17.2 Å². The van der Waals surface area contributed by atoms with Crippen molar-refractivity contribution in [1.82, 2.24) is 0 Å². The van der Waals surface area contributed by atoms with Crippen LogP contribution in [0.1, 0.15) is 24.1 Å². The highest BCUT2D eigenvalue weighted by Crippen LogP contribution is 2.31. The molecular weight excluding hydrogens is 252 g/mol. The van der Waals surface area contributed by atoms with E-state index in [0.717, 1.165) is 5.56 Å². The number of ether oxygens (including phenoxy) is 2. The maximum absolute atomic E-state index is 9.01. The minimum absolute atomic E-state index is 0.132. The summed E-state index contributed by atoms with van der Waals surface area (Å²) >= 11 is 0. The summed E-state index contributed by atoms with van der Waals surface area (Å²) in [6, 6.07) is 14.6. The van der Waals surface area contributed by atoms with Gasteiger partial charge >= 0.3 is 0 Å². The minimum atomic E-state index is -0.132. The fourth-order valence-electron chi connectivity index (χ4n) is 1.89. The van der Waals surface area contributed by atoms with Gasteiger partial charge in [-0.1, -0.05) is 18.2 Å². The smallest absolute Gasteiger partial charge is 0.132 e. The molecule has 0 spiro atoms. The summed E-state index contributed by atoms with van der Waals surface area (Å²) in [7, 11) is 1.55. The Bertz CT molecular complexity index is 645. The number of benzene rings is 2. The number of hydrogen-bond donors (Lipinski definition) is 1. The molecule has 2 aromatic carbocycles. The van der Waals surface area contributed by atoms with Crippen LogP contribution in [-0.2, 0) is 0 Å². The highest BCUT2D eigenvalue weighted by atomic mass is 16.5. The Labute approximate surface area is 118 Å². The van der Waals surface area contributed by atoms with Gasteiger partial charge in [-0.2, -0.15) is 5.26 Å². The average Bonchev–Trinajstić information content (AvgIpc) is 2.47. The first-order valence-corrected chi connectivity index (χ1v) is 6.25. The molecule has 2 N–H and O–H groups in total. The molecule has 20 heavy (non-hydrogen) atoms. The Kier molecular flexibility index (Phi) is 4.24. The average molecular weight is 268 g/mol. The first-order chi connectivity index (χ1) is 9.63. The van der Waals surface area contributed by atoms with Crippen LogP contribution >= 0.6 is 0 Å². The fourth-order valence-corrected chi connectivity index (χ4v) is 1.89. The first kappa shape index (κ1) is 13.9. The molecule has 0 saturated heterocycles. The van der Waals surface area contributed by atoms with Gasteiger partial charge in [-0.05, 0) is 25.1 Å². The molecule has 0 radical (unpaired) electrons. The van der Waals surface area contributed by atoms with E-state index in [1.807, 2.05) is 31.2 Å². The van der Waals surface area contributed by atoms with Crippen molar-refractivity contribution >= 4 is 0 Å². The predicted octanol–water partition coefficient (Wildman–Crippen LogP) is 3.38. The molecule has 0 heterocycles. The van der Waals surface area contributed by atoms with Crippen molar-refractivity contribution in [3.8, 4) is 23.3 Å². The van der Waals surface area contributed by atoms with Gasteiger partial charge in [0.05, 0.1) is 18.7 Å². The monoisotopic (exact) mass is 268 g/mol. The van der Waals surface area contributed by atoms with Crippen LogP contribution in [0.3, 0.4) is 0 Å². The molecule has 0 aliphatic rings. The number of para-hydroxylation sites is 1. The zero-order valence-corrected chi connectivity index (χ0v) is 11.5. The third-order valence-electron chi connectivity index (χ3n) is 2.88. The van der Waals surface area contributed by atoms with Crippen molar-refractivity contribution in [2.75, 3.05) is 7.11 Å². The summed E-state index contributed by atoms with van der Waals surface area (Å²) in [5, 5.41) is 9.01. The number of nitrogens with zero attached hydrogens (tertiary/aromatic N) is 1. The maximum Gasteiger partial charge on any atom is 0.132 e. The Hall–Kier alpha value is -2.51. The van der Waals surface area contributed by atoms with E-state index in [1.54, 1.807) is 25.3 Å². The van der Waals surface area contributed by atoms with Crippen molar-refractivity contribution in [3.63, 3.8) is 0 Å². The minimum Gasteiger partial charge on any atom is -0.497 e. The quantitative estimate of drug-likeness (QED) is 0.923. The van der Waals surface area contributed by atoms with Gasteiger partial charge < -0.3 is 15.2 Å². The number of nitriles is 1. The maximum atomic E-state index is 9.01. The Balaban J connectivity index is 2.38. The molecule has 0 aliphatic heterocycles. The van der Waals surface area contributed by atoms with Crippen LogP contribution in [0, 0.1) is 11.3 Å². The van der Waals surface area contributed by atoms with Crippen LogP contribution < -0.4 is 15.2 Å². The summed E-state index contributed by atoms with van der Waals surface area (Å²) in [5.74, 6) is 1.81. The van der Waals surface area contributed by atoms with Crippen LogP contribution in [-0.4, -0.2) is 7.11 Å². The van der Waals surface area contributed by atoms with Crippen molar-refractivity contribution in [3.05, 3.63) is 53.6 Å². The van der Waals surface area contributed by atoms with Gasteiger partial charge in [0.15, 0.2) is 0 Å². The lowest BCUT2D eigenvalue weighted by Gasteiger charge is -2.14. The van der Waals surface area contributed by atoms with Crippen LogP contribution in [0.4, 0.5) is 0 Å². The van der Waals surface area contributed by atoms with E-state index in [-0.39, 0.29) is 6.04 Å². The molecule has 1 atom stereocenters. The SMILES string of the molecule is COc1cc(C#N)cc(Oc2ccccc2[C@H](C)N)c1. The van der Waals surface area contributed by atoms with E-state index >= 15 is 0 Å². The predicted molar refractivity (Wildman–Crippen MR) is 76.8 cm³/mol. The van der Waals surface area contributed by atoms with E-state index in [2.05, 4.69) is 6.07 Å². The second-order valence-corrected chi connectivity index (χ2v) is 4.44. The third kappa shape index (κ3) is 3.08. The topological polar surface area (TPSA) is 68.3 Å². The van der Waals surface area contributed by atoms with Crippen molar-refractivity contribution < 1.29 is 9.47 Å². The zero-order valence-electron chi connectivity index (χ0n) is 11.5. The molecule has 4 heteroatoms. The Morgan fingerprint density at radius 2 is 1.85 bits per heavy atom. The van der Waals surface area contributed by atoms with Gasteiger partial charge in [0.25, 0.3) is 0 Å². The lowest BCUT2D eigenvalue weighted by Crippen LogP contribution is -2.06. The summed E-state index contributed by atoms with van der Waals surface area (Å²) in [6.45, 7) is 1.90. The lowest BCUT2D eigenvalue weighted by atomic mass is 10.1. The lowest BCUT2D eigenvalue weighted by molar-refractivity contribution is 0.408. The highest BCUT2D eigenvalue weighted by molar-refractivity contribution is 5.46. The number of nitrogens with two attached hydrogens (primary N) is 1. The second kappa shape index (κ2) is 6.09. The van der Waals surface area contributed by atoms with Crippen molar-refractivity contribution in [2.45, 2.75) is 13.0 Å². The molecule has 0 amide bonds. The number of hydrogen-bond acceptors (Lipinski definition) is 4. The van der Waals surface area contributed by atoms with E-state index < -0.39 is 0 Å². The molecule has 0 aliphatic carbocycles. The molecule has 2 aromatic rings. The molecule has 0 saturated carbocycles. The van der Waals surface area contributed by atoms with Gasteiger partial charge in [0, 0.05) is 17.7 Å². The zero-order chi connectivity index (χ0) is 14.5. The Morgan fingerprint density at radius 3 is 2.50 bits per heavy atom. The van der Waals surface area contributed by atoms with Gasteiger partial charge in [-0.25, -0.2) is 0 Å². The summed E-state index contributed by atoms with van der Waals surface area (Å²) in [4.78, 5) is 0. The van der Waals surface area contributed by atoms with Crippen LogP contribution in [0.15, 0.2) is 42.5 Å².